The molecule has 2 rings (SSSR count). The number of carbonyl (C=O) groups is 5. The number of rotatable bonds is 13. The van der Waals surface area contributed by atoms with Crippen LogP contribution >= 0.6 is 0 Å². The fourth-order valence-electron chi connectivity index (χ4n) is 4.58. The lowest BCUT2D eigenvalue weighted by Crippen LogP contribution is -2.57. The summed E-state index contributed by atoms with van der Waals surface area (Å²) in [7, 11) is 0. The van der Waals surface area contributed by atoms with Crippen LogP contribution in [0.2, 0.25) is 0 Å². The van der Waals surface area contributed by atoms with Crippen LogP contribution in [0, 0.1) is 13.8 Å². The Morgan fingerprint density at radius 2 is 1.68 bits per heavy atom. The number of nitrogens with one attached hydrogen (secondary N) is 2. The molecule has 1 aromatic carbocycles. The van der Waals surface area contributed by atoms with E-state index in [2.05, 4.69) is 10.6 Å². The van der Waals surface area contributed by atoms with Gasteiger partial charge in [0.05, 0.1) is 13.0 Å². The molecule has 222 valence electrons. The Hall–Kier alpha value is -3.63. The molecular formula is C29H44N4O7. The van der Waals surface area contributed by atoms with Gasteiger partial charge in [-0.15, -0.1) is 0 Å². The molecule has 2 atom stereocenters. The maximum atomic E-state index is 14.2. The highest BCUT2D eigenvalue weighted by molar-refractivity contribution is 5.93. The van der Waals surface area contributed by atoms with Gasteiger partial charge in [0.15, 0.2) is 0 Å². The van der Waals surface area contributed by atoms with Gasteiger partial charge in [0, 0.05) is 19.0 Å². The zero-order valence-corrected chi connectivity index (χ0v) is 24.5. The van der Waals surface area contributed by atoms with Crippen molar-refractivity contribution in [1.82, 2.24) is 15.5 Å². The van der Waals surface area contributed by atoms with Crippen LogP contribution in [-0.2, 0) is 28.7 Å². The molecule has 11 nitrogen and oxygen atoms in total. The van der Waals surface area contributed by atoms with E-state index in [0.717, 1.165) is 17.5 Å². The van der Waals surface area contributed by atoms with Gasteiger partial charge in [-0.1, -0.05) is 29.3 Å². The number of amides is 4. The average Bonchev–Trinajstić information content (AvgIpc) is 2.78. The SMILES string of the molecule is CCOC(=O)CCNC(=O)C(c1cc(C)cc(C)c1)N(C(=O)C(CCC(N)=O)NC(=O)OC(C)(C)C)C1CCC1. The highest BCUT2D eigenvalue weighted by Crippen LogP contribution is 2.34. The summed E-state index contributed by atoms with van der Waals surface area (Å²) in [5.41, 5.74) is 7.00. The zero-order valence-electron chi connectivity index (χ0n) is 24.5. The number of hydrogen-bond acceptors (Lipinski definition) is 7. The van der Waals surface area contributed by atoms with Crippen molar-refractivity contribution >= 4 is 29.8 Å². The fraction of sp³-hybridized carbons (Fsp3) is 0.621. The minimum Gasteiger partial charge on any atom is -0.466 e. The van der Waals surface area contributed by atoms with Crippen LogP contribution in [0.3, 0.4) is 0 Å². The van der Waals surface area contributed by atoms with Gasteiger partial charge in [-0.05, 0) is 72.8 Å². The van der Waals surface area contributed by atoms with Crippen molar-refractivity contribution in [3.05, 3.63) is 34.9 Å². The maximum absolute atomic E-state index is 14.2. The highest BCUT2D eigenvalue weighted by atomic mass is 16.6. The molecule has 0 aliphatic heterocycles. The Balaban J connectivity index is 2.48. The number of hydrogen-bond donors (Lipinski definition) is 3. The molecule has 0 radical (unpaired) electrons. The maximum Gasteiger partial charge on any atom is 0.408 e. The molecule has 1 saturated carbocycles. The summed E-state index contributed by atoms with van der Waals surface area (Å²) in [5, 5.41) is 5.39. The third-order valence-electron chi connectivity index (χ3n) is 6.41. The van der Waals surface area contributed by atoms with E-state index in [1.54, 1.807) is 27.7 Å². The van der Waals surface area contributed by atoms with Crippen molar-refractivity contribution in [3.63, 3.8) is 0 Å². The fourth-order valence-corrected chi connectivity index (χ4v) is 4.58. The Morgan fingerprint density at radius 3 is 2.17 bits per heavy atom. The Kier molecular flexibility index (Phi) is 11.9. The van der Waals surface area contributed by atoms with Crippen molar-refractivity contribution < 1.29 is 33.4 Å². The van der Waals surface area contributed by atoms with Crippen LogP contribution in [0.1, 0.15) is 89.0 Å². The molecule has 0 spiro atoms. The molecule has 2 unspecified atom stereocenters. The first-order valence-electron chi connectivity index (χ1n) is 13.8. The predicted molar refractivity (Wildman–Crippen MR) is 149 cm³/mol. The zero-order chi connectivity index (χ0) is 30.0. The topological polar surface area (TPSA) is 157 Å². The summed E-state index contributed by atoms with van der Waals surface area (Å²) in [6.45, 7) is 10.9. The monoisotopic (exact) mass is 560 g/mol. The highest BCUT2D eigenvalue weighted by Gasteiger charge is 2.42. The first-order valence-corrected chi connectivity index (χ1v) is 13.8. The van der Waals surface area contributed by atoms with Crippen molar-refractivity contribution in [2.45, 2.75) is 104 Å². The van der Waals surface area contributed by atoms with Crippen LogP contribution in [0.4, 0.5) is 4.79 Å². The van der Waals surface area contributed by atoms with Gasteiger partial charge in [-0.25, -0.2) is 4.79 Å². The number of ether oxygens (including phenoxy) is 2. The lowest BCUT2D eigenvalue weighted by molar-refractivity contribution is -0.148. The molecule has 0 saturated heterocycles. The van der Waals surface area contributed by atoms with E-state index in [-0.39, 0.29) is 38.5 Å². The van der Waals surface area contributed by atoms with Gasteiger partial charge in [0.25, 0.3) is 0 Å². The Morgan fingerprint density at radius 1 is 1.05 bits per heavy atom. The summed E-state index contributed by atoms with van der Waals surface area (Å²) in [4.78, 5) is 65.6. The molecule has 0 heterocycles. The van der Waals surface area contributed by atoms with E-state index >= 15 is 0 Å². The molecule has 1 aromatic rings. The first-order chi connectivity index (χ1) is 18.7. The second-order valence-electron chi connectivity index (χ2n) is 11.2. The molecule has 4 N–H and O–H groups in total. The summed E-state index contributed by atoms with van der Waals surface area (Å²) in [5.74, 6) is -2.03. The molecule has 1 aliphatic rings. The quantitative estimate of drug-likeness (QED) is 0.313. The predicted octanol–water partition coefficient (Wildman–Crippen LogP) is 2.95. The smallest absolute Gasteiger partial charge is 0.408 e. The summed E-state index contributed by atoms with van der Waals surface area (Å²) in [6.07, 6.45) is 1.20. The van der Waals surface area contributed by atoms with Crippen LogP contribution in [-0.4, -0.2) is 65.5 Å². The molecule has 40 heavy (non-hydrogen) atoms. The van der Waals surface area contributed by atoms with E-state index in [9.17, 15) is 24.0 Å². The molecule has 1 aliphatic carbocycles. The van der Waals surface area contributed by atoms with Crippen molar-refractivity contribution in [3.8, 4) is 0 Å². The number of alkyl carbamates (subject to hydrolysis) is 1. The molecule has 1 fully saturated rings. The van der Waals surface area contributed by atoms with Gasteiger partial charge in [0.1, 0.15) is 17.7 Å². The van der Waals surface area contributed by atoms with Crippen LogP contribution < -0.4 is 16.4 Å². The average molecular weight is 561 g/mol. The number of nitrogens with two attached hydrogens (primary N) is 1. The number of nitrogens with zero attached hydrogens (tertiary/aromatic N) is 1. The number of aryl methyl sites for hydroxylation is 2. The second kappa shape index (κ2) is 14.7. The van der Waals surface area contributed by atoms with E-state index in [1.807, 2.05) is 32.0 Å². The lowest BCUT2D eigenvalue weighted by atomic mass is 9.87. The van der Waals surface area contributed by atoms with Crippen LogP contribution in [0.25, 0.3) is 0 Å². The van der Waals surface area contributed by atoms with E-state index in [1.165, 1.54) is 4.90 Å². The molecule has 0 bridgehead atoms. The van der Waals surface area contributed by atoms with E-state index < -0.39 is 47.5 Å². The van der Waals surface area contributed by atoms with Gasteiger partial charge in [-0.3, -0.25) is 19.2 Å². The third kappa shape index (κ3) is 10.2. The number of primary amides is 1. The van der Waals surface area contributed by atoms with Crippen molar-refractivity contribution in [1.29, 1.82) is 0 Å². The first kappa shape index (κ1) is 32.6. The summed E-state index contributed by atoms with van der Waals surface area (Å²) in [6, 6.07) is 3.22. The van der Waals surface area contributed by atoms with Crippen LogP contribution in [0.15, 0.2) is 18.2 Å². The van der Waals surface area contributed by atoms with Crippen molar-refractivity contribution in [2.75, 3.05) is 13.2 Å². The number of esters is 1. The minimum absolute atomic E-state index is 0.0159. The normalized spacial score (nSPS) is 14.8. The summed E-state index contributed by atoms with van der Waals surface area (Å²) >= 11 is 0. The second-order valence-corrected chi connectivity index (χ2v) is 11.2. The Labute approximate surface area is 236 Å². The standard InChI is InChI=1S/C29H44N4O7/c1-7-39-24(35)13-14-31-26(36)25(20-16-18(2)15-19(3)17-20)33(21-9-8-10-21)27(37)22(11-12-23(30)34)32-28(38)40-29(4,5)6/h15-17,21-22,25H,7-14H2,1-6H3,(H2,30,34)(H,31,36)(H,32,38). The van der Waals surface area contributed by atoms with E-state index in [0.29, 0.717) is 18.4 Å². The van der Waals surface area contributed by atoms with Gasteiger partial charge >= 0.3 is 12.1 Å². The lowest BCUT2D eigenvalue weighted by Gasteiger charge is -2.43. The molecule has 0 aromatic heterocycles. The minimum atomic E-state index is -1.15. The van der Waals surface area contributed by atoms with Gasteiger partial charge in [-0.2, -0.15) is 0 Å². The van der Waals surface area contributed by atoms with Crippen LogP contribution in [0.5, 0.6) is 0 Å². The Bertz CT molecular complexity index is 1060. The van der Waals surface area contributed by atoms with Gasteiger partial charge in [0.2, 0.25) is 17.7 Å². The largest absolute Gasteiger partial charge is 0.466 e. The molecular weight excluding hydrogens is 516 g/mol. The number of benzene rings is 1. The van der Waals surface area contributed by atoms with Crippen molar-refractivity contribution in [2.24, 2.45) is 5.73 Å². The molecule has 11 heteroatoms. The summed E-state index contributed by atoms with van der Waals surface area (Å²) < 4.78 is 10.3. The third-order valence-corrected chi connectivity index (χ3v) is 6.41. The number of carbonyl (C=O) groups excluding carboxylic acids is 5. The molecule has 4 amide bonds. The van der Waals surface area contributed by atoms with Gasteiger partial charge < -0.3 is 30.7 Å². The van der Waals surface area contributed by atoms with E-state index in [4.69, 9.17) is 15.2 Å².